The van der Waals surface area contributed by atoms with Gasteiger partial charge in [-0.2, -0.15) is 13.1 Å². The predicted octanol–water partition coefficient (Wildman–Crippen LogP) is 6.60. The van der Waals surface area contributed by atoms with E-state index in [-0.39, 0.29) is 46.7 Å². The molecule has 8 nitrogen and oxygen atoms in total. The maximum atomic E-state index is 13.7. The Balaban J connectivity index is 1.43. The summed E-state index contributed by atoms with van der Waals surface area (Å²) in [5, 5.41) is 0.480. The Kier molecular flexibility index (Phi) is 10.1. The number of carbonyl (C=O) groups excluding carboxylic acids is 1. The molecule has 1 aliphatic heterocycles. The number of ether oxygens (including phenoxy) is 3. The lowest BCUT2D eigenvalue weighted by molar-refractivity contribution is -0.153. The van der Waals surface area contributed by atoms with Gasteiger partial charge in [0, 0.05) is 25.4 Å². The third-order valence-corrected chi connectivity index (χ3v) is 9.85. The van der Waals surface area contributed by atoms with E-state index in [0.29, 0.717) is 35.6 Å². The van der Waals surface area contributed by atoms with Crippen molar-refractivity contribution in [3.63, 3.8) is 0 Å². The highest BCUT2D eigenvalue weighted by Gasteiger charge is 2.40. The fourth-order valence-corrected chi connectivity index (χ4v) is 7.25. The summed E-state index contributed by atoms with van der Waals surface area (Å²) >= 11 is 12.8. The van der Waals surface area contributed by atoms with Crippen molar-refractivity contribution in [2.24, 2.45) is 5.92 Å². The standard InChI is InChI=1S/C30H30Cl2F2N2O6S/c31-23-15-35-16-24(32)22(23)14-27(21-10-11-26(42-30(33)34)28(13-21)40-17-19-8-9-19)41-29(37)25-7-4-12-36(25)43(38,39)18-20-5-2-1-3-6-20/h1-3,5-6,10-11,13,15-16,19,25,27,30H,4,7-9,12,14,17-18H2. The monoisotopic (exact) mass is 654 g/mol. The van der Waals surface area contributed by atoms with Crippen molar-refractivity contribution in [1.82, 2.24) is 9.29 Å². The summed E-state index contributed by atoms with van der Waals surface area (Å²) in [7, 11) is -3.84. The number of hydrogen-bond acceptors (Lipinski definition) is 7. The van der Waals surface area contributed by atoms with Gasteiger partial charge >= 0.3 is 12.6 Å². The van der Waals surface area contributed by atoms with Crippen LogP contribution in [-0.4, -0.2) is 49.5 Å². The molecule has 2 aromatic carbocycles. The first-order valence-corrected chi connectivity index (χ1v) is 16.2. The Bertz CT molecular complexity index is 1520. The second kappa shape index (κ2) is 13.8. The molecule has 5 rings (SSSR count). The largest absolute Gasteiger partial charge is 0.489 e. The van der Waals surface area contributed by atoms with Crippen LogP contribution >= 0.6 is 23.2 Å². The average Bonchev–Trinajstić information content (AvgIpc) is 3.65. The summed E-state index contributed by atoms with van der Waals surface area (Å²) in [6.45, 7) is -2.56. The molecule has 0 spiro atoms. The lowest BCUT2D eigenvalue weighted by Crippen LogP contribution is -2.42. The van der Waals surface area contributed by atoms with Crippen LogP contribution < -0.4 is 9.47 Å². The normalized spacial score (nSPS) is 18.0. The molecule has 2 fully saturated rings. The number of esters is 1. The molecular formula is C30H30Cl2F2N2O6S. The zero-order valence-electron chi connectivity index (χ0n) is 23.0. The first-order valence-electron chi connectivity index (χ1n) is 13.8. The first-order chi connectivity index (χ1) is 20.6. The van der Waals surface area contributed by atoms with E-state index in [1.54, 1.807) is 30.3 Å². The SMILES string of the molecule is O=C(OC(Cc1c(Cl)cncc1Cl)c1ccc(OC(F)F)c(OCC2CC2)c1)C1CCCN1S(=O)(=O)Cc1ccccc1. The molecule has 2 atom stereocenters. The fraction of sp³-hybridized carbons (Fsp3) is 0.400. The van der Waals surface area contributed by atoms with Crippen LogP contribution in [0.4, 0.5) is 8.78 Å². The number of rotatable bonds is 13. The van der Waals surface area contributed by atoms with Crippen LogP contribution in [0.25, 0.3) is 0 Å². The van der Waals surface area contributed by atoms with Crippen LogP contribution in [0.1, 0.15) is 48.5 Å². The summed E-state index contributed by atoms with van der Waals surface area (Å²) in [5.41, 5.74) is 1.46. The van der Waals surface area contributed by atoms with Crippen molar-refractivity contribution in [2.75, 3.05) is 13.2 Å². The van der Waals surface area contributed by atoms with Crippen molar-refractivity contribution in [2.45, 2.75) is 56.6 Å². The van der Waals surface area contributed by atoms with Gasteiger partial charge in [-0.1, -0.05) is 59.6 Å². The molecule has 230 valence electrons. The van der Waals surface area contributed by atoms with Gasteiger partial charge in [0.25, 0.3) is 0 Å². The average molecular weight is 656 g/mol. The van der Waals surface area contributed by atoms with Crippen molar-refractivity contribution < 1.29 is 36.2 Å². The lowest BCUT2D eigenvalue weighted by Gasteiger charge is -2.26. The smallest absolute Gasteiger partial charge is 0.387 e. The number of benzene rings is 2. The molecule has 1 aromatic heterocycles. The summed E-state index contributed by atoms with van der Waals surface area (Å²) in [4.78, 5) is 17.6. The molecule has 2 unspecified atom stereocenters. The van der Waals surface area contributed by atoms with Gasteiger partial charge in [0.05, 0.1) is 22.4 Å². The Morgan fingerprint density at radius 1 is 1.02 bits per heavy atom. The summed E-state index contributed by atoms with van der Waals surface area (Å²) in [6.07, 6.45) is 4.53. The van der Waals surface area contributed by atoms with E-state index in [9.17, 15) is 22.0 Å². The molecule has 0 N–H and O–H groups in total. The van der Waals surface area contributed by atoms with Gasteiger partial charge in [-0.25, -0.2) is 8.42 Å². The van der Waals surface area contributed by atoms with E-state index in [2.05, 4.69) is 9.72 Å². The zero-order chi connectivity index (χ0) is 30.6. The molecule has 0 bridgehead atoms. The van der Waals surface area contributed by atoms with E-state index in [1.165, 1.54) is 34.9 Å². The molecule has 2 heterocycles. The zero-order valence-corrected chi connectivity index (χ0v) is 25.3. The van der Waals surface area contributed by atoms with Crippen LogP contribution in [0.3, 0.4) is 0 Å². The number of alkyl halides is 2. The van der Waals surface area contributed by atoms with E-state index in [1.807, 2.05) is 0 Å². The van der Waals surface area contributed by atoms with Crippen molar-refractivity contribution >= 4 is 39.2 Å². The second-order valence-corrected chi connectivity index (χ2v) is 13.3. The van der Waals surface area contributed by atoms with Crippen molar-refractivity contribution in [3.05, 3.63) is 87.7 Å². The van der Waals surface area contributed by atoms with Crippen molar-refractivity contribution in [3.8, 4) is 11.5 Å². The van der Waals surface area contributed by atoms with Gasteiger partial charge in [0.1, 0.15) is 12.1 Å². The highest BCUT2D eigenvalue weighted by Crippen LogP contribution is 2.38. The number of hydrogen-bond donors (Lipinski definition) is 0. The number of sulfonamides is 1. The summed E-state index contributed by atoms with van der Waals surface area (Å²) < 4.78 is 70.6. The maximum absolute atomic E-state index is 13.7. The van der Waals surface area contributed by atoms with E-state index in [0.717, 1.165) is 12.8 Å². The van der Waals surface area contributed by atoms with Crippen LogP contribution in [0.2, 0.25) is 10.0 Å². The third-order valence-electron chi connectivity index (χ3n) is 7.35. The minimum atomic E-state index is -3.84. The maximum Gasteiger partial charge on any atom is 0.387 e. The lowest BCUT2D eigenvalue weighted by atomic mass is 10.0. The van der Waals surface area contributed by atoms with Gasteiger partial charge in [-0.05, 0) is 60.4 Å². The highest BCUT2D eigenvalue weighted by molar-refractivity contribution is 7.88. The molecule has 43 heavy (non-hydrogen) atoms. The van der Waals surface area contributed by atoms with Crippen LogP contribution in [0, 0.1) is 5.92 Å². The summed E-state index contributed by atoms with van der Waals surface area (Å²) in [5.74, 6) is -0.744. The minimum Gasteiger partial charge on any atom is -0.489 e. The Morgan fingerprint density at radius 3 is 2.42 bits per heavy atom. The summed E-state index contributed by atoms with van der Waals surface area (Å²) in [6, 6.07) is 12.0. The molecule has 1 aliphatic carbocycles. The molecular weight excluding hydrogens is 625 g/mol. The number of halogens is 4. The molecule has 1 saturated carbocycles. The highest BCUT2D eigenvalue weighted by atomic mass is 35.5. The van der Waals surface area contributed by atoms with E-state index < -0.39 is 34.7 Å². The number of aromatic nitrogens is 1. The van der Waals surface area contributed by atoms with E-state index >= 15 is 0 Å². The van der Waals surface area contributed by atoms with Gasteiger partial charge < -0.3 is 14.2 Å². The molecule has 0 radical (unpaired) electrons. The number of nitrogens with zero attached hydrogens (tertiary/aromatic N) is 2. The topological polar surface area (TPSA) is 95.0 Å². The second-order valence-electron chi connectivity index (χ2n) is 10.6. The quantitative estimate of drug-likeness (QED) is 0.192. The van der Waals surface area contributed by atoms with Crippen LogP contribution in [-0.2, 0) is 31.7 Å². The van der Waals surface area contributed by atoms with Crippen LogP contribution in [0.5, 0.6) is 11.5 Å². The van der Waals surface area contributed by atoms with Gasteiger partial charge in [0.2, 0.25) is 10.0 Å². The molecule has 13 heteroatoms. The fourth-order valence-electron chi connectivity index (χ4n) is 4.96. The van der Waals surface area contributed by atoms with Crippen molar-refractivity contribution in [1.29, 1.82) is 0 Å². The first kappa shape index (κ1) is 31.4. The third kappa shape index (κ3) is 8.14. The predicted molar refractivity (Wildman–Crippen MR) is 157 cm³/mol. The van der Waals surface area contributed by atoms with Gasteiger partial charge in [-0.3, -0.25) is 9.78 Å². The molecule has 0 amide bonds. The van der Waals surface area contributed by atoms with Gasteiger partial charge in [0.15, 0.2) is 11.5 Å². The Labute approximate surface area is 258 Å². The minimum absolute atomic E-state index is 0.00648. The van der Waals surface area contributed by atoms with E-state index in [4.69, 9.17) is 32.7 Å². The molecule has 2 aliphatic rings. The number of pyridine rings is 1. The molecule has 3 aromatic rings. The Hall–Kier alpha value is -2.99. The number of carbonyl (C=O) groups is 1. The van der Waals surface area contributed by atoms with Crippen LogP contribution in [0.15, 0.2) is 60.9 Å². The molecule has 1 saturated heterocycles. The van der Waals surface area contributed by atoms with Gasteiger partial charge in [-0.15, -0.1) is 0 Å². The Morgan fingerprint density at radius 2 is 1.74 bits per heavy atom.